The average Bonchev–Trinajstić information content (AvgIpc) is 2.53. The Morgan fingerprint density at radius 2 is 2.25 bits per heavy atom. The van der Waals surface area contributed by atoms with E-state index in [9.17, 15) is 4.39 Å². The summed E-state index contributed by atoms with van der Waals surface area (Å²) in [6.45, 7) is 1.50. The number of hydrogen-bond donors (Lipinski definition) is 1. The predicted octanol–water partition coefficient (Wildman–Crippen LogP) is 1.69. The molecule has 2 saturated heterocycles. The van der Waals surface area contributed by atoms with Crippen LogP contribution in [0.3, 0.4) is 0 Å². The first-order chi connectivity index (χ1) is 5.88. The fourth-order valence-corrected chi connectivity index (χ4v) is 3.49. The first kappa shape index (κ1) is 8.82. The van der Waals surface area contributed by atoms with Gasteiger partial charge in [-0.1, -0.05) is 0 Å². The Labute approximate surface area is 77.5 Å². The van der Waals surface area contributed by atoms with E-state index in [1.165, 1.54) is 24.3 Å². The molecule has 70 valence electrons. The number of rotatable bonds is 1. The highest BCUT2D eigenvalue weighted by Crippen LogP contribution is 2.32. The first-order valence-corrected chi connectivity index (χ1v) is 5.96. The van der Waals surface area contributed by atoms with Crippen LogP contribution in [0.25, 0.3) is 0 Å². The van der Waals surface area contributed by atoms with Crippen LogP contribution in [0.2, 0.25) is 0 Å². The third-order valence-corrected chi connectivity index (χ3v) is 4.23. The van der Waals surface area contributed by atoms with Gasteiger partial charge in [0.25, 0.3) is 0 Å². The van der Waals surface area contributed by atoms with E-state index in [0.717, 1.165) is 6.54 Å². The summed E-state index contributed by atoms with van der Waals surface area (Å²) >= 11 is 2.00. The molecule has 1 N–H and O–H groups in total. The average molecular weight is 189 g/mol. The molecule has 0 aromatic rings. The third kappa shape index (κ3) is 1.77. The maximum atomic E-state index is 13.3. The van der Waals surface area contributed by atoms with Crippen LogP contribution in [0.1, 0.15) is 12.8 Å². The van der Waals surface area contributed by atoms with Crippen molar-refractivity contribution in [3.8, 4) is 0 Å². The van der Waals surface area contributed by atoms with E-state index < -0.39 is 6.17 Å². The molecule has 2 aliphatic heterocycles. The van der Waals surface area contributed by atoms with Crippen molar-refractivity contribution in [2.24, 2.45) is 11.8 Å². The van der Waals surface area contributed by atoms with Crippen molar-refractivity contribution in [3.63, 3.8) is 0 Å². The smallest absolute Gasteiger partial charge is 0.117 e. The standard InChI is InChI=1S/C9H16FNS/c10-9-5-11-4-8(9)7-2-1-3-12-6-7/h7-9,11H,1-6H2. The van der Waals surface area contributed by atoms with Crippen LogP contribution in [-0.2, 0) is 0 Å². The van der Waals surface area contributed by atoms with Gasteiger partial charge in [-0.2, -0.15) is 11.8 Å². The number of nitrogens with one attached hydrogen (secondary N) is 1. The summed E-state index contributed by atoms with van der Waals surface area (Å²) in [6, 6.07) is 0. The molecule has 0 radical (unpaired) electrons. The van der Waals surface area contributed by atoms with E-state index >= 15 is 0 Å². The van der Waals surface area contributed by atoms with Crippen LogP contribution in [0.5, 0.6) is 0 Å². The first-order valence-electron chi connectivity index (χ1n) is 4.80. The van der Waals surface area contributed by atoms with Crippen LogP contribution in [0, 0.1) is 11.8 Å². The van der Waals surface area contributed by atoms with Crippen molar-refractivity contribution in [3.05, 3.63) is 0 Å². The van der Waals surface area contributed by atoms with Gasteiger partial charge in [-0.15, -0.1) is 0 Å². The second-order valence-corrected chi connectivity index (χ2v) is 4.97. The molecule has 2 heterocycles. The summed E-state index contributed by atoms with van der Waals surface area (Å²) in [7, 11) is 0. The van der Waals surface area contributed by atoms with Crippen LogP contribution in [-0.4, -0.2) is 30.8 Å². The number of thioether (sulfide) groups is 1. The Morgan fingerprint density at radius 1 is 1.33 bits per heavy atom. The minimum atomic E-state index is -0.575. The van der Waals surface area contributed by atoms with Crippen molar-refractivity contribution < 1.29 is 4.39 Å². The minimum absolute atomic E-state index is 0.317. The molecule has 0 saturated carbocycles. The van der Waals surface area contributed by atoms with Gasteiger partial charge < -0.3 is 5.32 Å². The van der Waals surface area contributed by atoms with Gasteiger partial charge in [0.2, 0.25) is 0 Å². The monoisotopic (exact) mass is 189 g/mol. The quantitative estimate of drug-likeness (QED) is 0.673. The zero-order chi connectivity index (χ0) is 8.39. The molecule has 0 amide bonds. The van der Waals surface area contributed by atoms with Crippen molar-refractivity contribution in [1.82, 2.24) is 5.32 Å². The van der Waals surface area contributed by atoms with Crippen molar-refractivity contribution in [2.75, 3.05) is 24.6 Å². The number of hydrogen-bond acceptors (Lipinski definition) is 2. The van der Waals surface area contributed by atoms with E-state index in [-0.39, 0.29) is 0 Å². The van der Waals surface area contributed by atoms with Crippen LogP contribution < -0.4 is 5.32 Å². The fraction of sp³-hybridized carbons (Fsp3) is 1.00. The molecule has 1 nitrogen and oxygen atoms in total. The van der Waals surface area contributed by atoms with Gasteiger partial charge in [-0.05, 0) is 30.3 Å². The molecule has 3 heteroatoms. The van der Waals surface area contributed by atoms with Crippen LogP contribution in [0.15, 0.2) is 0 Å². The molecule has 0 bridgehead atoms. The van der Waals surface area contributed by atoms with E-state index in [2.05, 4.69) is 5.32 Å². The molecule has 2 rings (SSSR count). The summed E-state index contributed by atoms with van der Waals surface area (Å²) in [5.41, 5.74) is 0. The second-order valence-electron chi connectivity index (χ2n) is 3.82. The lowest BCUT2D eigenvalue weighted by molar-refractivity contribution is 0.217. The second kappa shape index (κ2) is 3.97. The normalized spacial score (nSPS) is 43.2. The molecule has 0 aliphatic carbocycles. The Balaban J connectivity index is 1.89. The topological polar surface area (TPSA) is 12.0 Å². The molecule has 0 spiro atoms. The van der Waals surface area contributed by atoms with Gasteiger partial charge in [-0.25, -0.2) is 4.39 Å². The minimum Gasteiger partial charge on any atom is -0.313 e. The highest BCUT2D eigenvalue weighted by molar-refractivity contribution is 7.99. The molecule has 2 fully saturated rings. The molecule has 2 aliphatic rings. The predicted molar refractivity (Wildman–Crippen MR) is 51.3 cm³/mol. The maximum Gasteiger partial charge on any atom is 0.117 e. The van der Waals surface area contributed by atoms with E-state index in [0.29, 0.717) is 18.4 Å². The molecule has 0 aromatic carbocycles. The summed E-state index contributed by atoms with van der Waals surface area (Å²) < 4.78 is 13.3. The van der Waals surface area contributed by atoms with Crippen molar-refractivity contribution in [1.29, 1.82) is 0 Å². The lowest BCUT2D eigenvalue weighted by Crippen LogP contribution is -2.27. The van der Waals surface area contributed by atoms with Crippen LogP contribution >= 0.6 is 11.8 Å². The Kier molecular flexibility index (Phi) is 2.92. The number of alkyl halides is 1. The molecule has 3 atom stereocenters. The van der Waals surface area contributed by atoms with E-state index in [1.54, 1.807) is 0 Å². The highest BCUT2D eigenvalue weighted by Gasteiger charge is 2.34. The lowest BCUT2D eigenvalue weighted by Gasteiger charge is -2.27. The zero-order valence-corrected chi connectivity index (χ0v) is 8.08. The largest absolute Gasteiger partial charge is 0.313 e. The van der Waals surface area contributed by atoms with Gasteiger partial charge in [0.1, 0.15) is 6.17 Å². The van der Waals surface area contributed by atoms with Gasteiger partial charge >= 0.3 is 0 Å². The van der Waals surface area contributed by atoms with E-state index in [4.69, 9.17) is 0 Å². The summed E-state index contributed by atoms with van der Waals surface area (Å²) in [6.07, 6.45) is 1.96. The summed E-state index contributed by atoms with van der Waals surface area (Å²) in [4.78, 5) is 0. The molecular formula is C9H16FNS. The van der Waals surface area contributed by atoms with Gasteiger partial charge in [0.15, 0.2) is 0 Å². The van der Waals surface area contributed by atoms with Gasteiger partial charge in [0, 0.05) is 19.0 Å². The molecule has 3 unspecified atom stereocenters. The maximum absolute atomic E-state index is 13.3. The van der Waals surface area contributed by atoms with Crippen molar-refractivity contribution in [2.45, 2.75) is 19.0 Å². The zero-order valence-electron chi connectivity index (χ0n) is 7.26. The summed E-state index contributed by atoms with van der Waals surface area (Å²) in [5.74, 6) is 3.44. The van der Waals surface area contributed by atoms with Gasteiger partial charge in [-0.3, -0.25) is 0 Å². The Bertz CT molecular complexity index is 147. The SMILES string of the molecule is FC1CNCC1C1CCCSC1. The highest BCUT2D eigenvalue weighted by atomic mass is 32.2. The van der Waals surface area contributed by atoms with Crippen LogP contribution in [0.4, 0.5) is 4.39 Å². The Morgan fingerprint density at radius 3 is 2.83 bits per heavy atom. The third-order valence-electron chi connectivity index (χ3n) is 2.98. The van der Waals surface area contributed by atoms with E-state index in [1.807, 2.05) is 11.8 Å². The number of halogens is 1. The molecule has 12 heavy (non-hydrogen) atoms. The Hall–Kier alpha value is 0.240. The molecule has 0 aromatic heterocycles. The fourth-order valence-electron chi connectivity index (χ4n) is 2.23. The van der Waals surface area contributed by atoms with Crippen molar-refractivity contribution >= 4 is 11.8 Å². The summed E-state index contributed by atoms with van der Waals surface area (Å²) in [5, 5.41) is 3.14. The van der Waals surface area contributed by atoms with Gasteiger partial charge in [0.05, 0.1) is 0 Å². The molecular weight excluding hydrogens is 173 g/mol. The lowest BCUT2D eigenvalue weighted by atomic mass is 9.88.